The van der Waals surface area contributed by atoms with Gasteiger partial charge in [0, 0.05) is 11.4 Å². The SMILES string of the molecule is CCNC(C)C(C)Cl. The van der Waals surface area contributed by atoms with Crippen LogP contribution in [0.5, 0.6) is 0 Å². The molecule has 50 valence electrons. The van der Waals surface area contributed by atoms with Crippen LogP contribution in [0.4, 0.5) is 0 Å². The maximum absolute atomic E-state index is 5.74. The molecular formula is C6H14ClN. The van der Waals surface area contributed by atoms with Crippen LogP contribution in [0, 0.1) is 0 Å². The third-order valence-electron chi connectivity index (χ3n) is 1.22. The lowest BCUT2D eigenvalue weighted by atomic mass is 10.2. The Kier molecular flexibility index (Phi) is 4.29. The predicted octanol–water partition coefficient (Wildman–Crippen LogP) is 1.61. The monoisotopic (exact) mass is 135 g/mol. The Morgan fingerprint density at radius 2 is 2.00 bits per heavy atom. The molecule has 8 heavy (non-hydrogen) atoms. The van der Waals surface area contributed by atoms with Crippen LogP contribution in [0.15, 0.2) is 0 Å². The Morgan fingerprint density at radius 1 is 1.50 bits per heavy atom. The van der Waals surface area contributed by atoms with Crippen molar-refractivity contribution in [1.29, 1.82) is 0 Å². The van der Waals surface area contributed by atoms with Gasteiger partial charge in [-0.15, -0.1) is 11.6 Å². The van der Waals surface area contributed by atoms with Crippen LogP contribution in [0.3, 0.4) is 0 Å². The maximum atomic E-state index is 5.74. The highest BCUT2D eigenvalue weighted by Crippen LogP contribution is 1.98. The van der Waals surface area contributed by atoms with E-state index in [1.165, 1.54) is 0 Å². The van der Waals surface area contributed by atoms with Gasteiger partial charge in [0.2, 0.25) is 0 Å². The van der Waals surface area contributed by atoms with E-state index >= 15 is 0 Å². The van der Waals surface area contributed by atoms with Crippen LogP contribution < -0.4 is 5.32 Å². The van der Waals surface area contributed by atoms with Gasteiger partial charge in [-0.05, 0) is 20.4 Å². The van der Waals surface area contributed by atoms with Crippen LogP contribution in [-0.2, 0) is 0 Å². The summed E-state index contributed by atoms with van der Waals surface area (Å²) in [5.74, 6) is 0. The lowest BCUT2D eigenvalue weighted by molar-refractivity contribution is 0.559. The van der Waals surface area contributed by atoms with E-state index in [0.29, 0.717) is 6.04 Å². The third kappa shape index (κ3) is 3.28. The smallest absolute Gasteiger partial charge is 0.0458 e. The first kappa shape index (κ1) is 8.25. The zero-order chi connectivity index (χ0) is 6.57. The van der Waals surface area contributed by atoms with Crippen LogP contribution in [0.2, 0.25) is 0 Å². The van der Waals surface area contributed by atoms with Crippen molar-refractivity contribution in [3.05, 3.63) is 0 Å². The molecule has 0 aromatic heterocycles. The van der Waals surface area contributed by atoms with Gasteiger partial charge in [-0.25, -0.2) is 0 Å². The molecule has 0 saturated heterocycles. The van der Waals surface area contributed by atoms with Gasteiger partial charge in [0.05, 0.1) is 0 Å². The molecule has 0 aromatic rings. The zero-order valence-electron chi connectivity index (χ0n) is 5.74. The first-order valence-corrected chi connectivity index (χ1v) is 3.49. The second-order valence-corrected chi connectivity index (χ2v) is 2.71. The van der Waals surface area contributed by atoms with E-state index in [-0.39, 0.29) is 5.38 Å². The van der Waals surface area contributed by atoms with Crippen molar-refractivity contribution >= 4 is 11.6 Å². The van der Waals surface area contributed by atoms with E-state index in [0.717, 1.165) is 6.54 Å². The van der Waals surface area contributed by atoms with E-state index in [1.54, 1.807) is 0 Å². The maximum Gasteiger partial charge on any atom is 0.0458 e. The van der Waals surface area contributed by atoms with Gasteiger partial charge in [0.1, 0.15) is 0 Å². The highest BCUT2D eigenvalue weighted by atomic mass is 35.5. The summed E-state index contributed by atoms with van der Waals surface area (Å²) in [7, 11) is 0. The number of rotatable bonds is 3. The van der Waals surface area contributed by atoms with Crippen molar-refractivity contribution < 1.29 is 0 Å². The molecule has 1 N–H and O–H groups in total. The Balaban J connectivity index is 3.17. The van der Waals surface area contributed by atoms with Crippen LogP contribution >= 0.6 is 11.6 Å². The molecule has 0 rings (SSSR count). The Hall–Kier alpha value is 0.250. The lowest BCUT2D eigenvalue weighted by Crippen LogP contribution is -2.32. The number of hydrogen-bond donors (Lipinski definition) is 1. The lowest BCUT2D eigenvalue weighted by Gasteiger charge is -2.13. The number of hydrogen-bond acceptors (Lipinski definition) is 1. The predicted molar refractivity (Wildman–Crippen MR) is 38.5 cm³/mol. The number of nitrogens with one attached hydrogen (secondary N) is 1. The number of halogens is 1. The van der Waals surface area contributed by atoms with Gasteiger partial charge in [-0.1, -0.05) is 6.92 Å². The van der Waals surface area contributed by atoms with Gasteiger partial charge in [0.15, 0.2) is 0 Å². The van der Waals surface area contributed by atoms with Crippen LogP contribution in [0.1, 0.15) is 20.8 Å². The first-order chi connectivity index (χ1) is 3.68. The van der Waals surface area contributed by atoms with E-state index < -0.39 is 0 Å². The summed E-state index contributed by atoms with van der Waals surface area (Å²) in [5, 5.41) is 3.44. The molecule has 0 aliphatic rings. The Bertz CT molecular complexity index is 54.5. The first-order valence-electron chi connectivity index (χ1n) is 3.06. The minimum Gasteiger partial charge on any atom is -0.313 e. The molecule has 0 saturated carbocycles. The second kappa shape index (κ2) is 4.16. The number of alkyl halides is 1. The summed E-state index contributed by atoms with van der Waals surface area (Å²) in [4.78, 5) is 0. The standard InChI is InChI=1S/C6H14ClN/c1-4-8-6(3)5(2)7/h5-6,8H,4H2,1-3H3. The highest BCUT2D eigenvalue weighted by Gasteiger charge is 2.04. The summed E-state index contributed by atoms with van der Waals surface area (Å²) in [5.41, 5.74) is 0. The molecule has 0 bridgehead atoms. The fraction of sp³-hybridized carbons (Fsp3) is 1.00. The molecule has 2 unspecified atom stereocenters. The molecule has 2 atom stereocenters. The molecule has 0 aromatic carbocycles. The summed E-state index contributed by atoms with van der Waals surface area (Å²) in [6, 6.07) is 0.432. The largest absolute Gasteiger partial charge is 0.313 e. The summed E-state index contributed by atoms with van der Waals surface area (Å²) >= 11 is 5.74. The van der Waals surface area contributed by atoms with E-state index in [9.17, 15) is 0 Å². The molecular weight excluding hydrogens is 122 g/mol. The van der Waals surface area contributed by atoms with Crippen LogP contribution in [-0.4, -0.2) is 18.0 Å². The summed E-state index contributed by atoms with van der Waals surface area (Å²) in [6.45, 7) is 7.16. The molecule has 0 fully saturated rings. The zero-order valence-corrected chi connectivity index (χ0v) is 6.50. The second-order valence-electron chi connectivity index (χ2n) is 2.02. The molecule has 0 radical (unpaired) electrons. The Labute approximate surface area is 56.4 Å². The quantitative estimate of drug-likeness (QED) is 0.580. The van der Waals surface area contributed by atoms with E-state index in [4.69, 9.17) is 11.6 Å². The van der Waals surface area contributed by atoms with Crippen LogP contribution in [0.25, 0.3) is 0 Å². The van der Waals surface area contributed by atoms with E-state index in [1.807, 2.05) is 6.92 Å². The molecule has 0 spiro atoms. The molecule has 0 amide bonds. The average molecular weight is 136 g/mol. The normalized spacial score (nSPS) is 18.0. The van der Waals surface area contributed by atoms with Crippen molar-refractivity contribution in [2.45, 2.75) is 32.2 Å². The van der Waals surface area contributed by atoms with Gasteiger partial charge in [-0.2, -0.15) is 0 Å². The van der Waals surface area contributed by atoms with Gasteiger partial charge in [0.25, 0.3) is 0 Å². The van der Waals surface area contributed by atoms with Gasteiger partial charge >= 0.3 is 0 Å². The van der Waals surface area contributed by atoms with Crippen molar-refractivity contribution in [2.24, 2.45) is 0 Å². The van der Waals surface area contributed by atoms with Crippen molar-refractivity contribution in [1.82, 2.24) is 5.32 Å². The fourth-order valence-electron chi connectivity index (χ4n) is 0.484. The highest BCUT2D eigenvalue weighted by molar-refractivity contribution is 6.20. The molecule has 0 aliphatic carbocycles. The van der Waals surface area contributed by atoms with Crippen molar-refractivity contribution in [3.8, 4) is 0 Å². The minimum absolute atomic E-state index is 0.231. The summed E-state index contributed by atoms with van der Waals surface area (Å²) < 4.78 is 0. The van der Waals surface area contributed by atoms with Gasteiger partial charge < -0.3 is 5.32 Å². The topological polar surface area (TPSA) is 12.0 Å². The molecule has 2 heteroatoms. The summed E-state index contributed by atoms with van der Waals surface area (Å²) in [6.07, 6.45) is 0. The van der Waals surface area contributed by atoms with Crippen molar-refractivity contribution in [2.75, 3.05) is 6.54 Å². The molecule has 0 aliphatic heterocycles. The average Bonchev–Trinajstić information content (AvgIpc) is 1.67. The Morgan fingerprint density at radius 3 is 2.12 bits per heavy atom. The minimum atomic E-state index is 0.231. The third-order valence-corrected chi connectivity index (χ3v) is 1.59. The van der Waals surface area contributed by atoms with E-state index in [2.05, 4.69) is 19.2 Å². The molecule has 0 heterocycles. The molecule has 1 nitrogen and oxygen atoms in total. The fourth-order valence-corrected chi connectivity index (χ4v) is 0.573. The van der Waals surface area contributed by atoms with Gasteiger partial charge in [-0.3, -0.25) is 0 Å². The van der Waals surface area contributed by atoms with Crippen molar-refractivity contribution in [3.63, 3.8) is 0 Å².